The Kier molecular flexibility index (Phi) is 4.97. The van der Waals surface area contributed by atoms with Gasteiger partial charge in [0.1, 0.15) is 0 Å². The quantitative estimate of drug-likeness (QED) is 0.645. The minimum atomic E-state index is 0.291. The number of aliphatic hydroxyl groups is 1. The van der Waals surface area contributed by atoms with Gasteiger partial charge in [0.25, 0.3) is 0 Å². The van der Waals surface area contributed by atoms with Gasteiger partial charge in [0.2, 0.25) is 0 Å². The van der Waals surface area contributed by atoms with Crippen molar-refractivity contribution in [2.24, 2.45) is 0 Å². The molecule has 23 heavy (non-hydrogen) atoms. The Labute approximate surface area is 139 Å². The zero-order valence-electron chi connectivity index (χ0n) is 14.1. The van der Waals surface area contributed by atoms with Crippen molar-refractivity contribution in [2.45, 2.75) is 45.4 Å². The van der Waals surface area contributed by atoms with Crippen molar-refractivity contribution < 1.29 is 5.11 Å². The third kappa shape index (κ3) is 3.11. The number of rotatable bonds is 7. The van der Waals surface area contributed by atoms with Crippen molar-refractivity contribution in [3.05, 3.63) is 59.7 Å². The van der Waals surface area contributed by atoms with Crippen LogP contribution in [-0.4, -0.2) is 11.7 Å². The molecule has 1 N–H and O–H groups in total. The highest BCUT2D eigenvalue weighted by Gasteiger charge is 2.18. The van der Waals surface area contributed by atoms with Crippen LogP contribution in [0.25, 0.3) is 21.9 Å². The van der Waals surface area contributed by atoms with Gasteiger partial charge in [-0.1, -0.05) is 56.3 Å². The average Bonchev–Trinajstić information content (AvgIpc) is 2.59. The lowest BCUT2D eigenvalue weighted by Gasteiger charge is -2.22. The summed E-state index contributed by atoms with van der Waals surface area (Å²) in [7, 11) is 0. The van der Waals surface area contributed by atoms with E-state index >= 15 is 0 Å². The Hall–Kier alpha value is -1.86. The Morgan fingerprint density at radius 3 is 2.78 bits per heavy atom. The highest BCUT2D eigenvalue weighted by molar-refractivity contribution is 6.02. The van der Waals surface area contributed by atoms with Crippen molar-refractivity contribution in [1.82, 2.24) is 0 Å². The van der Waals surface area contributed by atoms with Crippen LogP contribution in [-0.2, 0) is 6.42 Å². The lowest BCUT2D eigenvalue weighted by Crippen LogP contribution is -2.02. The molecule has 1 aliphatic rings. The molecule has 0 aromatic heterocycles. The Morgan fingerprint density at radius 2 is 2.00 bits per heavy atom. The largest absolute Gasteiger partial charge is 0.396 e. The summed E-state index contributed by atoms with van der Waals surface area (Å²) in [6.45, 7) is 6.90. The van der Waals surface area contributed by atoms with E-state index in [9.17, 15) is 0 Å². The van der Waals surface area contributed by atoms with Gasteiger partial charge in [-0.25, -0.2) is 0 Å². The molecule has 0 aliphatic heterocycles. The highest BCUT2D eigenvalue weighted by atomic mass is 16.2. The molecule has 1 heteroatoms. The molecule has 120 valence electrons. The monoisotopic (exact) mass is 306 g/mol. The standard InChI is InChI=1S/C22H26O/c1-3-17-11-12-18-9-7-10-19-13-14-20(22(17)21(18)19)16(2)8-5-4-6-15-23/h7,9-11,13-14,23H,2-6,8,12,15H2,1H3. The maximum atomic E-state index is 8.92. The Bertz CT molecular complexity index is 752. The minimum absolute atomic E-state index is 0.291. The molecular formula is C22H26O. The summed E-state index contributed by atoms with van der Waals surface area (Å²) < 4.78 is 0. The summed E-state index contributed by atoms with van der Waals surface area (Å²) in [6.07, 6.45) is 8.57. The fourth-order valence-corrected chi connectivity index (χ4v) is 3.67. The maximum absolute atomic E-state index is 8.92. The van der Waals surface area contributed by atoms with E-state index in [0.717, 1.165) is 38.5 Å². The molecule has 0 saturated carbocycles. The molecule has 0 unspecified atom stereocenters. The van der Waals surface area contributed by atoms with Gasteiger partial charge in [0, 0.05) is 6.61 Å². The van der Waals surface area contributed by atoms with Gasteiger partial charge in [-0.2, -0.15) is 0 Å². The molecule has 0 spiro atoms. The number of hydrogen-bond acceptors (Lipinski definition) is 1. The normalized spacial score (nSPS) is 13.2. The molecule has 3 rings (SSSR count). The Morgan fingerprint density at radius 1 is 1.13 bits per heavy atom. The van der Waals surface area contributed by atoms with Crippen molar-refractivity contribution in [1.29, 1.82) is 0 Å². The van der Waals surface area contributed by atoms with E-state index in [4.69, 9.17) is 5.11 Å². The molecule has 1 aliphatic carbocycles. The summed E-state index contributed by atoms with van der Waals surface area (Å²) in [5.41, 5.74) is 6.86. The number of hydrogen-bond donors (Lipinski definition) is 1. The second-order valence-electron chi connectivity index (χ2n) is 6.43. The van der Waals surface area contributed by atoms with Gasteiger partial charge in [-0.3, -0.25) is 0 Å². The Balaban J connectivity index is 2.00. The summed E-state index contributed by atoms with van der Waals surface area (Å²) in [4.78, 5) is 0. The molecule has 0 amide bonds. The average molecular weight is 306 g/mol. The van der Waals surface area contributed by atoms with Gasteiger partial charge in [0.15, 0.2) is 0 Å². The lowest BCUT2D eigenvalue weighted by atomic mass is 9.82. The number of unbranched alkanes of at least 4 members (excludes halogenated alkanes) is 2. The van der Waals surface area contributed by atoms with Crippen LogP contribution in [0.4, 0.5) is 0 Å². The first-order valence-electron chi connectivity index (χ1n) is 8.79. The van der Waals surface area contributed by atoms with E-state index in [0.29, 0.717) is 6.61 Å². The summed E-state index contributed by atoms with van der Waals surface area (Å²) >= 11 is 0. The zero-order valence-corrected chi connectivity index (χ0v) is 14.1. The van der Waals surface area contributed by atoms with Crippen LogP contribution in [0.5, 0.6) is 0 Å². The lowest BCUT2D eigenvalue weighted by molar-refractivity contribution is 0.283. The first-order chi connectivity index (χ1) is 11.3. The summed E-state index contributed by atoms with van der Waals surface area (Å²) in [5, 5.41) is 11.7. The van der Waals surface area contributed by atoms with Crippen LogP contribution >= 0.6 is 0 Å². The zero-order chi connectivity index (χ0) is 16.2. The van der Waals surface area contributed by atoms with Gasteiger partial charge in [-0.05, 0) is 70.7 Å². The number of aliphatic hydroxyl groups excluding tert-OH is 1. The van der Waals surface area contributed by atoms with Crippen molar-refractivity contribution in [3.63, 3.8) is 0 Å². The number of allylic oxidation sites excluding steroid dienone is 3. The predicted molar refractivity (Wildman–Crippen MR) is 101 cm³/mol. The van der Waals surface area contributed by atoms with Crippen molar-refractivity contribution >= 4 is 21.9 Å². The second-order valence-corrected chi connectivity index (χ2v) is 6.43. The topological polar surface area (TPSA) is 20.2 Å². The fraction of sp³-hybridized carbons (Fsp3) is 0.364. The summed E-state index contributed by atoms with van der Waals surface area (Å²) in [6, 6.07) is 11.1. The third-order valence-corrected chi connectivity index (χ3v) is 4.92. The van der Waals surface area contributed by atoms with Crippen molar-refractivity contribution in [2.75, 3.05) is 6.61 Å². The van der Waals surface area contributed by atoms with Crippen LogP contribution in [0.15, 0.2) is 43.0 Å². The van der Waals surface area contributed by atoms with E-state index in [1.54, 1.807) is 0 Å². The molecule has 2 aromatic carbocycles. The third-order valence-electron chi connectivity index (χ3n) is 4.92. The van der Waals surface area contributed by atoms with Gasteiger partial charge in [-0.15, -0.1) is 0 Å². The van der Waals surface area contributed by atoms with Crippen LogP contribution in [0.3, 0.4) is 0 Å². The van der Waals surface area contributed by atoms with E-state index in [1.165, 1.54) is 38.6 Å². The van der Waals surface area contributed by atoms with E-state index in [2.05, 4.69) is 49.9 Å². The van der Waals surface area contributed by atoms with Crippen LogP contribution in [0.2, 0.25) is 0 Å². The molecule has 0 saturated heterocycles. The molecule has 0 bridgehead atoms. The molecule has 2 aromatic rings. The van der Waals surface area contributed by atoms with Crippen molar-refractivity contribution in [3.8, 4) is 0 Å². The number of benzene rings is 2. The summed E-state index contributed by atoms with van der Waals surface area (Å²) in [5.74, 6) is 0. The molecule has 1 nitrogen and oxygen atoms in total. The molecule has 0 atom stereocenters. The van der Waals surface area contributed by atoms with Crippen LogP contribution in [0.1, 0.15) is 55.7 Å². The molecular weight excluding hydrogens is 280 g/mol. The van der Waals surface area contributed by atoms with Gasteiger partial charge >= 0.3 is 0 Å². The fourth-order valence-electron chi connectivity index (χ4n) is 3.67. The van der Waals surface area contributed by atoms with Crippen LogP contribution < -0.4 is 0 Å². The molecule has 0 heterocycles. The SMILES string of the molecule is C=C(CCCCCO)c1ccc2cccc3c2c1C(CC)=CC3. The van der Waals surface area contributed by atoms with E-state index in [1.807, 2.05) is 0 Å². The smallest absolute Gasteiger partial charge is 0.0431 e. The maximum Gasteiger partial charge on any atom is 0.0431 e. The highest BCUT2D eigenvalue weighted by Crippen LogP contribution is 2.39. The predicted octanol–water partition coefficient (Wildman–Crippen LogP) is 5.76. The first-order valence-corrected chi connectivity index (χ1v) is 8.79. The first kappa shape index (κ1) is 16.0. The second kappa shape index (κ2) is 7.14. The van der Waals surface area contributed by atoms with Gasteiger partial charge in [0.05, 0.1) is 0 Å². The van der Waals surface area contributed by atoms with Crippen LogP contribution in [0, 0.1) is 0 Å². The van der Waals surface area contributed by atoms with Gasteiger partial charge < -0.3 is 5.11 Å². The van der Waals surface area contributed by atoms with E-state index in [-0.39, 0.29) is 0 Å². The minimum Gasteiger partial charge on any atom is -0.396 e. The molecule has 0 fully saturated rings. The molecule has 0 radical (unpaired) electrons. The van der Waals surface area contributed by atoms with E-state index < -0.39 is 0 Å².